The van der Waals surface area contributed by atoms with Gasteiger partial charge in [0, 0.05) is 5.69 Å². The fourth-order valence-corrected chi connectivity index (χ4v) is 4.64. The van der Waals surface area contributed by atoms with Crippen LogP contribution in [-0.2, 0) is 14.3 Å². The van der Waals surface area contributed by atoms with Gasteiger partial charge in [-0.25, -0.2) is 4.79 Å². The zero-order chi connectivity index (χ0) is 26.4. The van der Waals surface area contributed by atoms with Crippen LogP contribution in [0.25, 0.3) is 6.08 Å². The van der Waals surface area contributed by atoms with Gasteiger partial charge in [-0.2, -0.15) is 0 Å². The standard InChI is InChI=1S/C25H24BrClN2O6S/c1-4-9-34-24(32)17-12-16(6-7-19(17)27)28-22(30)13-29-23(31)21(36-25(29)33)11-15-5-8-20(18(26)10-15)35-14(2)3/h5-8,10-12,14H,4,9,13H2,1-3H3,(H,28,30)/b21-11-. The molecule has 36 heavy (non-hydrogen) atoms. The molecule has 0 spiro atoms. The largest absolute Gasteiger partial charge is 0.490 e. The minimum atomic E-state index is -0.607. The maximum absolute atomic E-state index is 12.8. The molecule has 0 saturated carbocycles. The van der Waals surface area contributed by atoms with Crippen LogP contribution >= 0.6 is 39.3 Å². The number of amides is 3. The van der Waals surface area contributed by atoms with Crippen LogP contribution in [0, 0.1) is 0 Å². The lowest BCUT2D eigenvalue weighted by atomic mass is 10.2. The van der Waals surface area contributed by atoms with Crippen LogP contribution in [0.5, 0.6) is 5.75 Å². The van der Waals surface area contributed by atoms with Gasteiger partial charge in [-0.15, -0.1) is 0 Å². The number of hydrogen-bond donors (Lipinski definition) is 1. The second-order valence-corrected chi connectivity index (χ2v) is 10.3. The molecule has 0 aromatic heterocycles. The molecule has 11 heteroatoms. The maximum Gasteiger partial charge on any atom is 0.339 e. The average molecular weight is 596 g/mol. The SMILES string of the molecule is CCCOC(=O)c1cc(NC(=O)CN2C(=O)S/C(=C\c3ccc(OC(C)C)c(Br)c3)C2=O)ccc1Cl. The molecular formula is C25H24BrClN2O6S. The number of carbonyl (C=O) groups excluding carboxylic acids is 4. The minimum absolute atomic E-state index is 0.00383. The molecule has 3 rings (SSSR count). The number of halogens is 2. The molecule has 0 unspecified atom stereocenters. The molecule has 8 nitrogen and oxygen atoms in total. The molecule has 2 aromatic rings. The third-order valence-electron chi connectivity index (χ3n) is 4.70. The topological polar surface area (TPSA) is 102 Å². The highest BCUT2D eigenvalue weighted by molar-refractivity contribution is 9.10. The van der Waals surface area contributed by atoms with E-state index in [4.69, 9.17) is 21.1 Å². The predicted octanol–water partition coefficient (Wildman–Crippen LogP) is 6.13. The first-order chi connectivity index (χ1) is 17.1. The summed E-state index contributed by atoms with van der Waals surface area (Å²) >= 11 is 10.3. The Morgan fingerprint density at radius 3 is 2.61 bits per heavy atom. The zero-order valence-corrected chi connectivity index (χ0v) is 23.0. The van der Waals surface area contributed by atoms with Crippen molar-refractivity contribution in [1.82, 2.24) is 4.90 Å². The molecule has 1 aliphatic rings. The Kier molecular flexibility index (Phi) is 9.58. The van der Waals surface area contributed by atoms with Crippen molar-refractivity contribution in [3.8, 4) is 5.75 Å². The molecule has 2 aromatic carbocycles. The van der Waals surface area contributed by atoms with Crippen LogP contribution in [0.2, 0.25) is 5.02 Å². The van der Waals surface area contributed by atoms with Gasteiger partial charge in [0.05, 0.1) is 32.7 Å². The Morgan fingerprint density at radius 2 is 1.94 bits per heavy atom. The maximum atomic E-state index is 12.8. The van der Waals surface area contributed by atoms with E-state index in [0.29, 0.717) is 22.2 Å². The summed E-state index contributed by atoms with van der Waals surface area (Å²) in [7, 11) is 0. The Labute approximate surface area is 226 Å². The number of nitrogens with zero attached hydrogens (tertiary/aromatic N) is 1. The fourth-order valence-electron chi connectivity index (χ4n) is 3.12. The van der Waals surface area contributed by atoms with Crippen molar-refractivity contribution in [2.24, 2.45) is 0 Å². The lowest BCUT2D eigenvalue weighted by Gasteiger charge is -2.13. The van der Waals surface area contributed by atoms with E-state index in [1.807, 2.05) is 20.8 Å². The highest BCUT2D eigenvalue weighted by Gasteiger charge is 2.36. The molecular weight excluding hydrogens is 572 g/mol. The Hall–Kier alpha value is -2.82. The number of imide groups is 1. The zero-order valence-electron chi connectivity index (χ0n) is 19.8. The van der Waals surface area contributed by atoms with Gasteiger partial charge in [0.1, 0.15) is 12.3 Å². The predicted molar refractivity (Wildman–Crippen MR) is 143 cm³/mol. The quantitative estimate of drug-likeness (QED) is 0.275. The van der Waals surface area contributed by atoms with Crippen LogP contribution in [0.1, 0.15) is 43.1 Å². The van der Waals surface area contributed by atoms with Gasteiger partial charge in [0.15, 0.2) is 0 Å². The Morgan fingerprint density at radius 1 is 1.19 bits per heavy atom. The summed E-state index contributed by atoms with van der Waals surface area (Å²) in [6, 6.07) is 9.67. The smallest absolute Gasteiger partial charge is 0.339 e. The Balaban J connectivity index is 1.68. The molecule has 0 radical (unpaired) electrons. The number of ether oxygens (including phenoxy) is 2. The van der Waals surface area contributed by atoms with E-state index in [2.05, 4.69) is 21.2 Å². The summed E-state index contributed by atoms with van der Waals surface area (Å²) in [6.45, 7) is 5.46. The molecule has 190 valence electrons. The number of nitrogens with one attached hydrogen (secondary N) is 1. The first-order valence-corrected chi connectivity index (χ1v) is 13.1. The summed E-state index contributed by atoms with van der Waals surface area (Å²) in [6.07, 6.45) is 2.24. The third-order valence-corrected chi connectivity index (χ3v) is 6.56. The van der Waals surface area contributed by atoms with Gasteiger partial charge in [0.25, 0.3) is 11.1 Å². The van der Waals surface area contributed by atoms with Gasteiger partial charge >= 0.3 is 5.97 Å². The van der Waals surface area contributed by atoms with Crippen molar-refractivity contribution in [1.29, 1.82) is 0 Å². The van der Waals surface area contributed by atoms with Crippen molar-refractivity contribution < 1.29 is 28.7 Å². The van der Waals surface area contributed by atoms with Gasteiger partial charge in [-0.05, 0) is 89.9 Å². The molecule has 1 saturated heterocycles. The average Bonchev–Trinajstić information content (AvgIpc) is 3.07. The first kappa shape index (κ1) is 27.8. The van der Waals surface area contributed by atoms with Gasteiger partial charge in [-0.1, -0.05) is 24.6 Å². The summed E-state index contributed by atoms with van der Waals surface area (Å²) in [4.78, 5) is 51.1. The van der Waals surface area contributed by atoms with Crippen molar-refractivity contribution >= 4 is 74.1 Å². The van der Waals surface area contributed by atoms with Crippen LogP contribution in [0.4, 0.5) is 10.5 Å². The van der Waals surface area contributed by atoms with Gasteiger partial charge in [-0.3, -0.25) is 19.3 Å². The minimum Gasteiger partial charge on any atom is -0.490 e. The molecule has 0 bridgehead atoms. The number of esters is 1. The molecule has 3 amide bonds. The fraction of sp³-hybridized carbons (Fsp3) is 0.280. The second kappa shape index (κ2) is 12.4. The molecule has 1 heterocycles. The number of hydrogen-bond acceptors (Lipinski definition) is 7. The summed E-state index contributed by atoms with van der Waals surface area (Å²) in [5.74, 6) is -1.12. The van der Waals surface area contributed by atoms with E-state index in [0.717, 1.165) is 16.7 Å². The van der Waals surface area contributed by atoms with E-state index in [-0.39, 0.29) is 33.9 Å². The van der Waals surface area contributed by atoms with E-state index >= 15 is 0 Å². The number of carbonyl (C=O) groups is 4. The van der Waals surface area contributed by atoms with Crippen molar-refractivity contribution in [2.45, 2.75) is 33.3 Å². The van der Waals surface area contributed by atoms with Crippen LogP contribution in [-0.4, -0.2) is 47.2 Å². The van der Waals surface area contributed by atoms with E-state index < -0.39 is 29.6 Å². The number of rotatable bonds is 9. The lowest BCUT2D eigenvalue weighted by molar-refractivity contribution is -0.127. The summed E-state index contributed by atoms with van der Waals surface area (Å²) < 4.78 is 11.5. The normalized spacial score (nSPS) is 14.5. The van der Waals surface area contributed by atoms with Gasteiger partial charge < -0.3 is 14.8 Å². The van der Waals surface area contributed by atoms with Crippen molar-refractivity contribution in [2.75, 3.05) is 18.5 Å². The number of anilines is 1. The Bertz CT molecular complexity index is 1230. The van der Waals surface area contributed by atoms with Gasteiger partial charge in [0.2, 0.25) is 5.91 Å². The van der Waals surface area contributed by atoms with E-state index in [1.54, 1.807) is 24.3 Å². The summed E-state index contributed by atoms with van der Waals surface area (Å²) in [5.41, 5.74) is 1.08. The molecule has 1 N–H and O–H groups in total. The van der Waals surface area contributed by atoms with Crippen molar-refractivity contribution in [3.63, 3.8) is 0 Å². The molecule has 0 aliphatic carbocycles. The van der Waals surface area contributed by atoms with Crippen LogP contribution in [0.3, 0.4) is 0 Å². The van der Waals surface area contributed by atoms with Crippen LogP contribution in [0.15, 0.2) is 45.8 Å². The third kappa shape index (κ3) is 7.11. The molecule has 1 aliphatic heterocycles. The second-order valence-electron chi connectivity index (χ2n) is 8.00. The lowest BCUT2D eigenvalue weighted by Crippen LogP contribution is -2.36. The van der Waals surface area contributed by atoms with E-state index in [1.165, 1.54) is 18.2 Å². The highest BCUT2D eigenvalue weighted by Crippen LogP contribution is 2.34. The summed E-state index contributed by atoms with van der Waals surface area (Å²) in [5, 5.41) is 2.21. The number of thioether (sulfide) groups is 1. The van der Waals surface area contributed by atoms with E-state index in [9.17, 15) is 19.2 Å². The molecule has 0 atom stereocenters. The van der Waals surface area contributed by atoms with Crippen LogP contribution < -0.4 is 10.1 Å². The first-order valence-electron chi connectivity index (χ1n) is 11.1. The highest BCUT2D eigenvalue weighted by atomic mass is 79.9. The number of benzene rings is 2. The molecule has 1 fully saturated rings. The monoisotopic (exact) mass is 594 g/mol. The van der Waals surface area contributed by atoms with Crippen molar-refractivity contribution in [3.05, 3.63) is 61.9 Å².